The second-order valence-corrected chi connectivity index (χ2v) is 6.43. The lowest BCUT2D eigenvalue weighted by Gasteiger charge is -2.07. The normalized spacial score (nSPS) is 11.5. The Morgan fingerprint density at radius 1 is 1.07 bits per heavy atom. The van der Waals surface area contributed by atoms with E-state index in [0.717, 1.165) is 23.3 Å². The summed E-state index contributed by atoms with van der Waals surface area (Å²) < 4.78 is 43.8. The largest absolute Gasteiger partial charge is 0.421 e. The minimum Gasteiger partial charge on any atom is -0.421 e. The maximum atomic E-state index is 12.8. The third-order valence-electron chi connectivity index (χ3n) is 4.26. The molecule has 146 valence electrons. The van der Waals surface area contributed by atoms with Crippen molar-refractivity contribution in [3.05, 3.63) is 65.0 Å². The molecule has 1 amide bonds. The number of benzene rings is 2. The van der Waals surface area contributed by atoms with Gasteiger partial charge in [-0.1, -0.05) is 12.1 Å². The molecule has 0 aliphatic heterocycles. The molecule has 1 aromatic heterocycles. The van der Waals surface area contributed by atoms with Gasteiger partial charge >= 0.3 is 6.18 Å². The van der Waals surface area contributed by atoms with Gasteiger partial charge in [0.25, 0.3) is 0 Å². The fourth-order valence-corrected chi connectivity index (χ4v) is 2.56. The quantitative estimate of drug-likeness (QED) is 0.671. The molecule has 0 fully saturated rings. The predicted molar refractivity (Wildman–Crippen MR) is 97.6 cm³/mol. The monoisotopic (exact) mass is 389 g/mol. The number of hydrogen-bond acceptors (Lipinski definition) is 4. The number of halogens is 3. The first-order valence-electron chi connectivity index (χ1n) is 8.59. The third kappa shape index (κ3) is 4.76. The number of aryl methyl sites for hydroxylation is 3. The number of alkyl halides is 3. The van der Waals surface area contributed by atoms with Crippen molar-refractivity contribution in [1.29, 1.82) is 0 Å². The fraction of sp³-hybridized carbons (Fsp3) is 0.250. The molecule has 8 heteroatoms. The van der Waals surface area contributed by atoms with Crippen molar-refractivity contribution in [1.82, 2.24) is 10.2 Å². The molecule has 0 bridgehead atoms. The second-order valence-electron chi connectivity index (χ2n) is 6.43. The number of nitrogens with zero attached hydrogens (tertiary/aromatic N) is 2. The summed E-state index contributed by atoms with van der Waals surface area (Å²) in [5.74, 6) is -0.0552. The van der Waals surface area contributed by atoms with Gasteiger partial charge in [0, 0.05) is 24.1 Å². The van der Waals surface area contributed by atoms with Crippen molar-refractivity contribution >= 4 is 11.6 Å². The van der Waals surface area contributed by atoms with E-state index < -0.39 is 11.7 Å². The summed E-state index contributed by atoms with van der Waals surface area (Å²) in [6.07, 6.45) is -4.16. The van der Waals surface area contributed by atoms with Crippen LogP contribution >= 0.6 is 0 Å². The predicted octanol–water partition coefficient (Wildman–Crippen LogP) is 4.94. The van der Waals surface area contributed by atoms with Gasteiger partial charge in [-0.05, 0) is 55.3 Å². The van der Waals surface area contributed by atoms with Crippen molar-refractivity contribution < 1.29 is 22.4 Å². The zero-order chi connectivity index (χ0) is 20.3. The first-order valence-corrected chi connectivity index (χ1v) is 8.59. The van der Waals surface area contributed by atoms with Crippen molar-refractivity contribution in [3.63, 3.8) is 0 Å². The average Bonchev–Trinajstić information content (AvgIpc) is 3.12. The molecule has 0 aliphatic carbocycles. The minimum absolute atomic E-state index is 0.0179. The van der Waals surface area contributed by atoms with Crippen molar-refractivity contribution in [2.75, 3.05) is 5.32 Å². The maximum absolute atomic E-state index is 12.8. The summed E-state index contributed by atoms with van der Waals surface area (Å²) in [7, 11) is 0. The lowest BCUT2D eigenvalue weighted by molar-refractivity contribution is -0.137. The number of amides is 1. The Balaban J connectivity index is 1.62. The van der Waals surface area contributed by atoms with E-state index in [1.807, 2.05) is 32.0 Å². The number of anilines is 1. The molecule has 3 aromatic rings. The van der Waals surface area contributed by atoms with Crippen LogP contribution in [0.2, 0.25) is 0 Å². The fourth-order valence-electron chi connectivity index (χ4n) is 2.56. The molecule has 0 radical (unpaired) electrons. The number of hydrogen-bond donors (Lipinski definition) is 1. The Bertz CT molecular complexity index is 996. The first kappa shape index (κ1) is 19.6. The van der Waals surface area contributed by atoms with Gasteiger partial charge in [-0.3, -0.25) is 4.79 Å². The van der Waals surface area contributed by atoms with Gasteiger partial charge in [0.05, 0.1) is 5.56 Å². The summed E-state index contributed by atoms with van der Waals surface area (Å²) >= 11 is 0. The van der Waals surface area contributed by atoms with Crippen LogP contribution in [0.4, 0.5) is 18.9 Å². The lowest BCUT2D eigenvalue weighted by Crippen LogP contribution is -2.12. The Hall–Kier alpha value is -3.16. The van der Waals surface area contributed by atoms with Crippen LogP contribution in [0.1, 0.15) is 29.0 Å². The molecule has 28 heavy (non-hydrogen) atoms. The summed E-state index contributed by atoms with van der Waals surface area (Å²) in [4.78, 5) is 12.1. The molecule has 0 unspecified atom stereocenters. The minimum atomic E-state index is -4.45. The molecule has 1 heterocycles. The van der Waals surface area contributed by atoms with Gasteiger partial charge in [-0.15, -0.1) is 10.2 Å². The van der Waals surface area contributed by atoms with Crippen LogP contribution < -0.4 is 5.32 Å². The van der Waals surface area contributed by atoms with Crippen molar-refractivity contribution in [2.24, 2.45) is 0 Å². The molecule has 2 aromatic carbocycles. The maximum Gasteiger partial charge on any atom is 0.416 e. The van der Waals surface area contributed by atoms with E-state index in [1.165, 1.54) is 12.1 Å². The highest BCUT2D eigenvalue weighted by atomic mass is 19.4. The molecular formula is C20H18F3N3O2. The topological polar surface area (TPSA) is 68.0 Å². The highest BCUT2D eigenvalue weighted by Gasteiger charge is 2.30. The van der Waals surface area contributed by atoms with E-state index in [9.17, 15) is 18.0 Å². The van der Waals surface area contributed by atoms with Gasteiger partial charge in [-0.2, -0.15) is 13.2 Å². The SMILES string of the molecule is Cc1ccc(NC(=O)CCc2nnc(-c3cccc(C(F)(F)F)c3)o2)cc1C. The van der Waals surface area contributed by atoms with Crippen LogP contribution in [-0.4, -0.2) is 16.1 Å². The van der Waals surface area contributed by atoms with Gasteiger partial charge in [0.15, 0.2) is 0 Å². The molecule has 0 saturated carbocycles. The molecule has 0 aliphatic rings. The van der Waals surface area contributed by atoms with Gasteiger partial charge < -0.3 is 9.73 Å². The van der Waals surface area contributed by atoms with Crippen LogP contribution in [0.25, 0.3) is 11.5 Å². The van der Waals surface area contributed by atoms with E-state index in [1.54, 1.807) is 0 Å². The van der Waals surface area contributed by atoms with Crippen LogP contribution in [-0.2, 0) is 17.4 Å². The van der Waals surface area contributed by atoms with E-state index in [0.29, 0.717) is 5.69 Å². The number of carbonyl (C=O) groups is 1. The number of carbonyl (C=O) groups excluding carboxylic acids is 1. The lowest BCUT2D eigenvalue weighted by atomic mass is 10.1. The van der Waals surface area contributed by atoms with Crippen molar-refractivity contribution in [3.8, 4) is 11.5 Å². The van der Waals surface area contributed by atoms with E-state index in [-0.39, 0.29) is 36.1 Å². The summed E-state index contributed by atoms with van der Waals surface area (Å²) in [6, 6.07) is 10.3. The van der Waals surface area contributed by atoms with Crippen LogP contribution in [0.5, 0.6) is 0 Å². The average molecular weight is 389 g/mol. The zero-order valence-corrected chi connectivity index (χ0v) is 15.3. The van der Waals surface area contributed by atoms with E-state index in [2.05, 4.69) is 15.5 Å². The van der Waals surface area contributed by atoms with E-state index in [4.69, 9.17) is 4.42 Å². The summed E-state index contributed by atoms with van der Waals surface area (Å²) in [5.41, 5.74) is 2.28. The van der Waals surface area contributed by atoms with Crippen LogP contribution in [0.15, 0.2) is 46.9 Å². The third-order valence-corrected chi connectivity index (χ3v) is 4.26. The van der Waals surface area contributed by atoms with Crippen LogP contribution in [0.3, 0.4) is 0 Å². The highest BCUT2D eigenvalue weighted by Crippen LogP contribution is 2.31. The molecular weight excluding hydrogens is 371 g/mol. The Morgan fingerprint density at radius 3 is 2.57 bits per heavy atom. The Kier molecular flexibility index (Phi) is 5.48. The number of aromatic nitrogens is 2. The summed E-state index contributed by atoms with van der Waals surface area (Å²) in [6.45, 7) is 3.94. The molecule has 0 atom stereocenters. The first-order chi connectivity index (χ1) is 13.2. The van der Waals surface area contributed by atoms with Gasteiger partial charge in [0.2, 0.25) is 17.7 Å². The van der Waals surface area contributed by atoms with Gasteiger partial charge in [-0.25, -0.2) is 0 Å². The standard InChI is InChI=1S/C20H18F3N3O2/c1-12-6-7-16(10-13(12)2)24-17(27)8-9-18-25-26-19(28-18)14-4-3-5-15(11-14)20(21,22)23/h3-7,10-11H,8-9H2,1-2H3,(H,24,27). The number of rotatable bonds is 5. The highest BCUT2D eigenvalue weighted by molar-refractivity contribution is 5.90. The Labute approximate surface area is 159 Å². The van der Waals surface area contributed by atoms with Crippen LogP contribution in [0, 0.1) is 13.8 Å². The van der Waals surface area contributed by atoms with E-state index >= 15 is 0 Å². The Morgan fingerprint density at radius 2 is 1.86 bits per heavy atom. The molecule has 3 rings (SSSR count). The number of nitrogens with one attached hydrogen (secondary N) is 1. The van der Waals surface area contributed by atoms with Gasteiger partial charge in [0.1, 0.15) is 0 Å². The van der Waals surface area contributed by atoms with Crippen molar-refractivity contribution in [2.45, 2.75) is 32.9 Å². The molecule has 0 spiro atoms. The molecule has 5 nitrogen and oxygen atoms in total. The summed E-state index contributed by atoms with van der Waals surface area (Å²) in [5, 5.41) is 10.4. The molecule has 1 N–H and O–H groups in total. The zero-order valence-electron chi connectivity index (χ0n) is 15.3. The molecule has 0 saturated heterocycles. The second kappa shape index (κ2) is 7.84. The smallest absolute Gasteiger partial charge is 0.416 e.